The highest BCUT2D eigenvalue weighted by atomic mass is 16.5. The summed E-state index contributed by atoms with van der Waals surface area (Å²) in [5.41, 5.74) is 2.10. The number of phenols is 1. The summed E-state index contributed by atoms with van der Waals surface area (Å²) in [6.07, 6.45) is 0.0647. The number of aliphatic hydroxyl groups excluding tert-OH is 1. The van der Waals surface area contributed by atoms with E-state index in [0.717, 1.165) is 11.1 Å². The van der Waals surface area contributed by atoms with Gasteiger partial charge in [0.1, 0.15) is 12.7 Å². The first-order valence-electron chi connectivity index (χ1n) is 12.3. The van der Waals surface area contributed by atoms with E-state index in [1.54, 1.807) is 50.6 Å². The molecule has 8 heteroatoms. The zero-order valence-electron chi connectivity index (χ0n) is 21.6. The van der Waals surface area contributed by atoms with Crippen molar-refractivity contribution in [3.8, 4) is 23.0 Å². The SMILES string of the molecule is [C-]#[N+]c1ccc(C(O)COc2cc(C[C@@]3(C)C(=O)OC[C@@H]3Cc3ccc(OC)c(OC)c3)ccc2O)cc1. The number of hydrogen-bond acceptors (Lipinski definition) is 7. The molecule has 0 aliphatic carbocycles. The van der Waals surface area contributed by atoms with Crippen molar-refractivity contribution in [1.29, 1.82) is 0 Å². The zero-order valence-corrected chi connectivity index (χ0v) is 21.6. The summed E-state index contributed by atoms with van der Waals surface area (Å²) in [6.45, 7) is 9.16. The van der Waals surface area contributed by atoms with Crippen molar-refractivity contribution >= 4 is 11.7 Å². The topological polar surface area (TPSA) is 98.8 Å². The lowest BCUT2D eigenvalue weighted by atomic mass is 9.72. The quantitative estimate of drug-likeness (QED) is 0.287. The lowest BCUT2D eigenvalue weighted by Gasteiger charge is -2.27. The Morgan fingerprint density at radius 3 is 2.39 bits per heavy atom. The Kier molecular flexibility index (Phi) is 8.08. The van der Waals surface area contributed by atoms with E-state index in [9.17, 15) is 15.0 Å². The highest BCUT2D eigenvalue weighted by Crippen LogP contribution is 2.42. The van der Waals surface area contributed by atoms with E-state index in [1.807, 2.05) is 25.1 Å². The van der Waals surface area contributed by atoms with Gasteiger partial charge < -0.3 is 29.2 Å². The summed E-state index contributed by atoms with van der Waals surface area (Å²) in [5.74, 6) is 1.07. The number of aliphatic hydroxyl groups is 1. The fraction of sp³-hybridized carbons (Fsp3) is 0.333. The number of ether oxygens (including phenoxy) is 4. The molecule has 3 aromatic carbocycles. The van der Waals surface area contributed by atoms with Crippen LogP contribution in [0.3, 0.4) is 0 Å². The number of aromatic hydroxyl groups is 1. The monoisotopic (exact) mass is 517 g/mol. The number of benzene rings is 3. The van der Waals surface area contributed by atoms with Gasteiger partial charge in [-0.3, -0.25) is 4.79 Å². The fourth-order valence-electron chi connectivity index (χ4n) is 4.73. The maximum Gasteiger partial charge on any atom is 0.312 e. The Morgan fingerprint density at radius 1 is 1.03 bits per heavy atom. The predicted octanol–water partition coefficient (Wildman–Crippen LogP) is 5.04. The molecule has 1 aliphatic heterocycles. The number of esters is 1. The highest BCUT2D eigenvalue weighted by Gasteiger charge is 2.48. The number of carbonyl (C=O) groups excluding carboxylic acids is 1. The molecule has 3 atom stereocenters. The molecule has 1 saturated heterocycles. The van der Waals surface area contributed by atoms with E-state index in [1.165, 1.54) is 6.07 Å². The molecule has 1 unspecified atom stereocenters. The van der Waals surface area contributed by atoms with Gasteiger partial charge in [-0.1, -0.05) is 36.4 Å². The third kappa shape index (κ3) is 5.68. The third-order valence-corrected chi connectivity index (χ3v) is 7.11. The number of rotatable bonds is 10. The standard InChI is InChI=1S/C30H31NO7/c1-30(22(17-38-29(30)34)13-19-6-12-26(35-3)28(14-19)36-4)16-20-5-11-24(32)27(15-20)37-18-25(33)21-7-9-23(31-2)10-8-21/h5-12,14-15,22,25,32-33H,13,16-18H2,1,3-4H3/t22-,25?,30+/m0/s1. The van der Waals surface area contributed by atoms with Crippen molar-refractivity contribution in [3.63, 3.8) is 0 Å². The lowest BCUT2D eigenvalue weighted by molar-refractivity contribution is -0.145. The second-order valence-corrected chi connectivity index (χ2v) is 9.62. The first-order chi connectivity index (χ1) is 18.3. The number of nitrogens with zero attached hydrogens (tertiary/aromatic N) is 1. The van der Waals surface area contributed by atoms with Crippen LogP contribution in [-0.4, -0.2) is 43.6 Å². The van der Waals surface area contributed by atoms with Gasteiger partial charge in [-0.25, -0.2) is 4.85 Å². The third-order valence-electron chi connectivity index (χ3n) is 7.11. The van der Waals surface area contributed by atoms with Gasteiger partial charge in [-0.05, 0) is 60.7 Å². The molecular weight excluding hydrogens is 486 g/mol. The molecule has 0 aromatic heterocycles. The van der Waals surface area contributed by atoms with Gasteiger partial charge in [0, 0.05) is 5.92 Å². The summed E-state index contributed by atoms with van der Waals surface area (Å²) in [5, 5.41) is 20.8. The molecule has 1 fully saturated rings. The molecule has 0 bridgehead atoms. The van der Waals surface area contributed by atoms with E-state index < -0.39 is 11.5 Å². The molecule has 198 valence electrons. The normalized spacial score (nSPS) is 19.3. The average Bonchev–Trinajstić information content (AvgIpc) is 3.21. The minimum Gasteiger partial charge on any atom is -0.504 e. The Bertz CT molecular complexity index is 1330. The predicted molar refractivity (Wildman–Crippen MR) is 141 cm³/mol. The molecule has 38 heavy (non-hydrogen) atoms. The van der Waals surface area contributed by atoms with E-state index in [2.05, 4.69) is 4.85 Å². The van der Waals surface area contributed by atoms with Crippen LogP contribution in [0, 0.1) is 17.9 Å². The Hall–Kier alpha value is -4.22. The van der Waals surface area contributed by atoms with Crippen LogP contribution < -0.4 is 14.2 Å². The van der Waals surface area contributed by atoms with Crippen molar-refractivity contribution in [2.45, 2.75) is 25.9 Å². The number of cyclic esters (lactones) is 1. The highest BCUT2D eigenvalue weighted by molar-refractivity contribution is 5.79. The van der Waals surface area contributed by atoms with Crippen molar-refractivity contribution < 1.29 is 34.0 Å². The summed E-state index contributed by atoms with van der Waals surface area (Å²) in [4.78, 5) is 16.2. The molecule has 8 nitrogen and oxygen atoms in total. The maximum atomic E-state index is 12.9. The summed E-state index contributed by atoms with van der Waals surface area (Å²) in [6, 6.07) is 17.3. The van der Waals surface area contributed by atoms with Crippen LogP contribution in [0.5, 0.6) is 23.0 Å². The van der Waals surface area contributed by atoms with Crippen molar-refractivity contribution in [3.05, 3.63) is 88.8 Å². The second kappa shape index (κ2) is 11.4. The largest absolute Gasteiger partial charge is 0.504 e. The number of hydrogen-bond donors (Lipinski definition) is 2. The van der Waals surface area contributed by atoms with Gasteiger partial charge >= 0.3 is 5.97 Å². The van der Waals surface area contributed by atoms with Gasteiger partial charge in [0.2, 0.25) is 0 Å². The second-order valence-electron chi connectivity index (χ2n) is 9.62. The molecule has 0 radical (unpaired) electrons. The molecular formula is C30H31NO7. The minimum absolute atomic E-state index is 0.0645. The summed E-state index contributed by atoms with van der Waals surface area (Å²) < 4.78 is 22.0. The molecule has 0 saturated carbocycles. The summed E-state index contributed by atoms with van der Waals surface area (Å²) >= 11 is 0. The lowest BCUT2D eigenvalue weighted by Crippen LogP contribution is -2.33. The van der Waals surface area contributed by atoms with Crippen LogP contribution in [0.25, 0.3) is 4.85 Å². The van der Waals surface area contributed by atoms with E-state index in [-0.39, 0.29) is 30.0 Å². The van der Waals surface area contributed by atoms with Crippen molar-refractivity contribution in [1.82, 2.24) is 0 Å². The van der Waals surface area contributed by atoms with Crippen molar-refractivity contribution in [2.24, 2.45) is 11.3 Å². The van der Waals surface area contributed by atoms with Crippen LogP contribution in [0.15, 0.2) is 60.7 Å². The Balaban J connectivity index is 1.47. The van der Waals surface area contributed by atoms with E-state index >= 15 is 0 Å². The minimum atomic E-state index is -0.939. The van der Waals surface area contributed by atoms with Crippen LogP contribution >= 0.6 is 0 Å². The van der Waals surface area contributed by atoms with Gasteiger partial charge in [-0.15, -0.1) is 0 Å². The van der Waals surface area contributed by atoms with Gasteiger partial charge in [-0.2, -0.15) is 0 Å². The maximum absolute atomic E-state index is 12.9. The van der Waals surface area contributed by atoms with Gasteiger partial charge in [0.25, 0.3) is 0 Å². The van der Waals surface area contributed by atoms with Crippen molar-refractivity contribution in [2.75, 3.05) is 27.4 Å². The zero-order chi connectivity index (χ0) is 27.3. The molecule has 2 N–H and O–H groups in total. The van der Waals surface area contributed by atoms with Crippen LogP contribution in [0.4, 0.5) is 5.69 Å². The molecule has 4 rings (SSSR count). The van der Waals surface area contributed by atoms with Gasteiger partial charge in [0.05, 0.1) is 32.8 Å². The van der Waals surface area contributed by atoms with Crippen LogP contribution in [0.1, 0.15) is 29.7 Å². The molecule has 1 heterocycles. The first kappa shape index (κ1) is 26.8. The smallest absolute Gasteiger partial charge is 0.312 e. The summed E-state index contributed by atoms with van der Waals surface area (Å²) in [7, 11) is 3.17. The van der Waals surface area contributed by atoms with Crippen LogP contribution in [-0.2, 0) is 22.4 Å². The Labute approximate surface area is 222 Å². The average molecular weight is 518 g/mol. The first-order valence-corrected chi connectivity index (χ1v) is 12.3. The fourth-order valence-corrected chi connectivity index (χ4v) is 4.73. The molecule has 0 spiro atoms. The number of carbonyl (C=O) groups is 1. The Morgan fingerprint density at radius 2 is 1.71 bits per heavy atom. The van der Waals surface area contributed by atoms with E-state index in [4.69, 9.17) is 25.5 Å². The van der Waals surface area contributed by atoms with Gasteiger partial charge in [0.15, 0.2) is 28.7 Å². The number of phenolic OH excluding ortho intramolecular Hbond substituents is 1. The molecule has 1 aliphatic rings. The molecule has 3 aromatic rings. The number of methoxy groups -OCH3 is 2. The molecule has 0 amide bonds. The van der Waals surface area contributed by atoms with E-state index in [0.29, 0.717) is 42.2 Å². The van der Waals surface area contributed by atoms with Crippen LogP contribution in [0.2, 0.25) is 0 Å².